The summed E-state index contributed by atoms with van der Waals surface area (Å²) in [5.74, 6) is -4.11. The first-order valence-electron chi connectivity index (χ1n) is 21.9. The van der Waals surface area contributed by atoms with Gasteiger partial charge in [-0.2, -0.15) is 0 Å². The van der Waals surface area contributed by atoms with E-state index in [2.05, 4.69) is 10.0 Å². The quantitative estimate of drug-likeness (QED) is 0.0352. The number of carbonyl (C=O) groups is 2. The largest absolute Gasteiger partial charge is 0.479 e. The summed E-state index contributed by atoms with van der Waals surface area (Å²) in [5.41, 5.74) is 7.18. The number of aliphatic carboxylic acids is 2. The molecule has 0 saturated carbocycles. The maximum atomic E-state index is 13.4. The molecule has 0 radical (unpaired) electrons. The molecule has 0 amide bonds. The third kappa shape index (κ3) is 10.9. The van der Waals surface area contributed by atoms with Crippen molar-refractivity contribution >= 4 is 11.9 Å². The average molecular weight is 974 g/mol. The first kappa shape index (κ1) is 55.4. The van der Waals surface area contributed by atoms with Crippen LogP contribution in [0.1, 0.15) is 40.5 Å². The predicted octanol–water partition coefficient (Wildman–Crippen LogP) is -2.61. The average Bonchev–Trinajstić information content (AvgIpc) is 3.31. The second-order valence-electron chi connectivity index (χ2n) is 16.9. The van der Waals surface area contributed by atoms with Gasteiger partial charge in [-0.1, -0.05) is 25.9 Å². The lowest BCUT2D eigenvalue weighted by Gasteiger charge is -2.53. The first-order valence-corrected chi connectivity index (χ1v) is 21.9. The molecule has 0 bridgehead atoms. The van der Waals surface area contributed by atoms with Crippen LogP contribution in [-0.4, -0.2) is 248 Å². The smallest absolute Gasteiger partial charge is 0.338 e. The van der Waals surface area contributed by atoms with E-state index >= 15 is 0 Å². The fourth-order valence-corrected chi connectivity index (χ4v) is 9.63. The van der Waals surface area contributed by atoms with Crippen molar-refractivity contribution in [1.29, 1.82) is 0 Å². The Hall–Kier alpha value is -2.55. The van der Waals surface area contributed by atoms with Gasteiger partial charge >= 0.3 is 11.9 Å². The number of hydrogen-bond acceptors (Lipinski definition) is 23. The number of nitrogens with zero attached hydrogens (tertiary/aromatic N) is 3. The minimum atomic E-state index is -2.34. The number of carboxylic acid groups (broad SMARTS) is 2. The molecule has 0 aromatic heterocycles. The van der Waals surface area contributed by atoms with Crippen LogP contribution in [0.25, 0.3) is 10.4 Å². The molecule has 0 spiro atoms. The van der Waals surface area contributed by atoms with E-state index in [1.807, 2.05) is 6.92 Å². The molecule has 0 aromatic rings. The van der Waals surface area contributed by atoms with Gasteiger partial charge in [0.25, 0.3) is 0 Å². The first-order chi connectivity index (χ1) is 31.9. The van der Waals surface area contributed by atoms with Gasteiger partial charge in [-0.15, -0.1) is 0 Å². The van der Waals surface area contributed by atoms with E-state index in [1.165, 1.54) is 56.3 Å². The van der Waals surface area contributed by atoms with E-state index in [-0.39, 0.29) is 6.42 Å². The van der Waals surface area contributed by atoms with Crippen LogP contribution in [0.4, 0.5) is 0 Å². The van der Waals surface area contributed by atoms with Crippen LogP contribution in [0, 0.1) is 5.92 Å². The lowest BCUT2D eigenvalue weighted by Crippen LogP contribution is -2.72. The molecule has 14 unspecified atom stereocenters. The van der Waals surface area contributed by atoms with Crippen molar-refractivity contribution in [3.8, 4) is 0 Å². The van der Waals surface area contributed by atoms with Crippen LogP contribution in [-0.2, 0) is 75.9 Å². The van der Waals surface area contributed by atoms with Crippen molar-refractivity contribution in [3.63, 3.8) is 0 Å². The lowest BCUT2D eigenvalue weighted by atomic mass is 9.83. The van der Waals surface area contributed by atoms with E-state index in [1.54, 1.807) is 0 Å². The van der Waals surface area contributed by atoms with Crippen molar-refractivity contribution in [1.82, 2.24) is 0 Å². The molecule has 0 aliphatic carbocycles. The molecule has 5 saturated heterocycles. The summed E-state index contributed by atoms with van der Waals surface area (Å²) in [6, 6.07) is -1.21. The van der Waals surface area contributed by atoms with Crippen molar-refractivity contribution < 1.29 is 117 Å². The van der Waals surface area contributed by atoms with Crippen molar-refractivity contribution in [2.75, 3.05) is 48.8 Å². The monoisotopic (exact) mass is 973 g/mol. The van der Waals surface area contributed by atoms with Crippen LogP contribution in [0.5, 0.6) is 0 Å². The summed E-state index contributed by atoms with van der Waals surface area (Å²) in [5, 5.41) is 90.0. The molecule has 5 aliphatic rings. The van der Waals surface area contributed by atoms with Gasteiger partial charge in [0.1, 0.15) is 91.5 Å². The summed E-state index contributed by atoms with van der Waals surface area (Å²) in [7, 11) is 6.54. The van der Waals surface area contributed by atoms with Crippen LogP contribution < -0.4 is 0 Å². The van der Waals surface area contributed by atoms with Gasteiger partial charge in [0, 0.05) is 46.4 Å². The fraction of sp³-hybridized carbons (Fsp3) is 0.950. The maximum Gasteiger partial charge on any atom is 0.338 e. The van der Waals surface area contributed by atoms with E-state index in [9.17, 15) is 56.0 Å². The standard InChI is InChI=1S/C40H67N3O24/c1-10-16-28(55-6)29(56-7)19(42-43-41)35(60-16)66-33-30(57-8)32(58-9)38(67-40(33,11-2)39(52)53)64-27-18(13-45)61-36(23(49)22(27)48)62-24-14(3)25(54-5)37(65-31(24)34(50)51)63-26-17(12-44)59-15(4)20(46)21(26)47/h14-33,35-38,44-49H,10-13H2,1-9H3,(H,50,51)(H,52,53)/t14?,15-,16?,17?,18?,19?,20?,21?,22?,23?,24-,25?,26-,27-,28-,29?,30-,31?,32?,33+,35+,36+,37-,38-,40?/m1/s1. The Morgan fingerprint density at radius 2 is 1.15 bits per heavy atom. The Bertz CT molecular complexity index is 1650. The molecule has 25 atom stereocenters. The van der Waals surface area contributed by atoms with E-state index in [0.717, 1.165) is 0 Å². The Morgan fingerprint density at radius 1 is 0.612 bits per heavy atom. The SMILES string of the molecule is CCC1O[C@@H](O[C@H]2[C@H](OC)C(OC)[C@H](O[C@@H]3C(CO)O[C@@H](O[C@H]4C(C(=O)O)O[C@@H](O[C@@H]5C(CO)O[C@H](C)C(O)C5O)C(OC)C4C)C(O)C3O)OC2(CC)C(=O)O)C(N=[N+]=[N-])C(OC)[C@@H]1OC. The van der Waals surface area contributed by atoms with E-state index in [4.69, 9.17) is 66.3 Å². The summed E-state index contributed by atoms with van der Waals surface area (Å²) in [6.07, 6.45) is -31.5. The van der Waals surface area contributed by atoms with Crippen LogP contribution in [0.15, 0.2) is 5.11 Å². The minimum Gasteiger partial charge on any atom is -0.479 e. The molecule has 5 aliphatic heterocycles. The second-order valence-corrected chi connectivity index (χ2v) is 16.9. The third-order valence-electron chi connectivity index (χ3n) is 13.3. The van der Waals surface area contributed by atoms with Crippen LogP contribution in [0.2, 0.25) is 0 Å². The predicted molar refractivity (Wildman–Crippen MR) is 218 cm³/mol. The molecular formula is C40H67N3O24. The molecule has 0 aromatic carbocycles. The number of azide groups is 1. The number of methoxy groups -OCH3 is 5. The number of carboxylic acids is 2. The third-order valence-corrected chi connectivity index (χ3v) is 13.3. The molecule has 27 heteroatoms. The highest BCUT2D eigenvalue weighted by molar-refractivity contribution is 5.79. The molecule has 67 heavy (non-hydrogen) atoms. The second kappa shape index (κ2) is 24.0. The summed E-state index contributed by atoms with van der Waals surface area (Å²) >= 11 is 0. The van der Waals surface area contributed by atoms with Crippen molar-refractivity contribution in [2.45, 2.75) is 187 Å². The zero-order chi connectivity index (χ0) is 49.7. The molecule has 27 nitrogen and oxygen atoms in total. The number of hydrogen-bond donors (Lipinski definition) is 8. The number of rotatable bonds is 20. The Morgan fingerprint density at radius 3 is 1.66 bits per heavy atom. The zero-order valence-electron chi connectivity index (χ0n) is 38.6. The molecule has 5 rings (SSSR count). The zero-order valence-corrected chi connectivity index (χ0v) is 38.6. The summed E-state index contributed by atoms with van der Waals surface area (Å²) < 4.78 is 82.8. The number of aliphatic hydroxyl groups is 6. The van der Waals surface area contributed by atoms with Gasteiger partial charge in [-0.25, -0.2) is 9.59 Å². The Kier molecular flexibility index (Phi) is 19.9. The Balaban J connectivity index is 1.38. The highest BCUT2D eigenvalue weighted by atomic mass is 16.8. The van der Waals surface area contributed by atoms with Gasteiger partial charge in [-0.3, -0.25) is 0 Å². The van der Waals surface area contributed by atoms with E-state index in [0.29, 0.717) is 6.42 Å². The van der Waals surface area contributed by atoms with E-state index < -0.39 is 178 Å². The van der Waals surface area contributed by atoms with Gasteiger partial charge in [0.05, 0.1) is 31.5 Å². The molecule has 8 N–H and O–H groups in total. The van der Waals surface area contributed by atoms with Gasteiger partial charge in [0.15, 0.2) is 36.9 Å². The summed E-state index contributed by atoms with van der Waals surface area (Å²) in [6.45, 7) is 4.74. The van der Waals surface area contributed by atoms with Crippen LogP contribution in [0.3, 0.4) is 0 Å². The fourth-order valence-electron chi connectivity index (χ4n) is 9.63. The maximum absolute atomic E-state index is 13.4. The highest BCUT2D eigenvalue weighted by Crippen LogP contribution is 2.43. The van der Waals surface area contributed by atoms with Crippen LogP contribution >= 0.6 is 0 Å². The number of ether oxygens (including phenoxy) is 14. The Labute approximate surface area is 385 Å². The molecular weight excluding hydrogens is 906 g/mol. The lowest BCUT2D eigenvalue weighted by molar-refractivity contribution is -0.396. The topological polar surface area (TPSA) is 374 Å². The van der Waals surface area contributed by atoms with Gasteiger partial charge < -0.3 is 107 Å². The summed E-state index contributed by atoms with van der Waals surface area (Å²) in [4.78, 5) is 29.0. The minimum absolute atomic E-state index is 0.307. The molecule has 386 valence electrons. The van der Waals surface area contributed by atoms with Gasteiger partial charge in [0.2, 0.25) is 0 Å². The van der Waals surface area contributed by atoms with Crippen molar-refractivity contribution in [3.05, 3.63) is 10.4 Å². The molecule has 5 fully saturated rings. The van der Waals surface area contributed by atoms with Crippen molar-refractivity contribution in [2.24, 2.45) is 11.0 Å². The molecule has 5 heterocycles. The highest BCUT2D eigenvalue weighted by Gasteiger charge is 2.64. The normalized spacial score (nSPS) is 47.2. The number of aliphatic hydroxyl groups excluding tert-OH is 6. The van der Waals surface area contributed by atoms with Gasteiger partial charge in [-0.05, 0) is 25.3 Å².